The number of carbonyl (C=O) groups is 1. The van der Waals surface area contributed by atoms with Crippen molar-refractivity contribution in [3.8, 4) is 0 Å². The van der Waals surface area contributed by atoms with E-state index in [2.05, 4.69) is 21.0 Å². The summed E-state index contributed by atoms with van der Waals surface area (Å²) in [6, 6.07) is 0. The van der Waals surface area contributed by atoms with Gasteiger partial charge in [-0.1, -0.05) is 0 Å². The van der Waals surface area contributed by atoms with Crippen molar-refractivity contribution in [2.24, 2.45) is 0 Å². The smallest absolute Gasteiger partial charge is 0.244 e. The predicted molar refractivity (Wildman–Crippen MR) is 53.2 cm³/mol. The molecule has 0 N–H and O–H groups in total. The fraction of sp³-hybridized carbons (Fsp3) is 0.500. The molecule has 72 valence electrons. The summed E-state index contributed by atoms with van der Waals surface area (Å²) < 4.78 is 2.50. The summed E-state index contributed by atoms with van der Waals surface area (Å²) in [5, 5.41) is 3.99. The molecule has 0 radical (unpaired) electrons. The average molecular weight is 246 g/mol. The van der Waals surface area contributed by atoms with Crippen LogP contribution in [0.2, 0.25) is 0 Å². The summed E-state index contributed by atoms with van der Waals surface area (Å²) in [4.78, 5) is 13.1. The van der Waals surface area contributed by atoms with E-state index >= 15 is 0 Å². The molecule has 0 spiro atoms. The van der Waals surface area contributed by atoms with Crippen molar-refractivity contribution in [3.05, 3.63) is 16.9 Å². The van der Waals surface area contributed by atoms with Crippen molar-refractivity contribution in [1.82, 2.24) is 14.7 Å². The van der Waals surface area contributed by atoms with E-state index in [0.29, 0.717) is 6.54 Å². The van der Waals surface area contributed by atoms with Gasteiger partial charge in [-0.2, -0.15) is 5.10 Å². The summed E-state index contributed by atoms with van der Waals surface area (Å²) in [6.45, 7) is 2.97. The molecule has 4 nitrogen and oxygen atoms in total. The van der Waals surface area contributed by atoms with E-state index in [4.69, 9.17) is 0 Å². The van der Waals surface area contributed by atoms with Crippen LogP contribution in [0.25, 0.3) is 0 Å². The zero-order valence-corrected chi connectivity index (χ0v) is 9.28. The number of carbonyl (C=O) groups excluding carboxylic acids is 1. The van der Waals surface area contributed by atoms with Gasteiger partial charge in [0.2, 0.25) is 5.91 Å². The van der Waals surface area contributed by atoms with E-state index in [1.807, 2.05) is 6.92 Å². The molecule has 0 bridgehead atoms. The van der Waals surface area contributed by atoms with E-state index in [-0.39, 0.29) is 5.91 Å². The van der Waals surface area contributed by atoms with Gasteiger partial charge in [0, 0.05) is 19.8 Å². The highest BCUT2D eigenvalue weighted by molar-refractivity contribution is 9.10. The number of halogens is 1. The van der Waals surface area contributed by atoms with Gasteiger partial charge in [0.15, 0.2) is 0 Å². The summed E-state index contributed by atoms with van der Waals surface area (Å²) >= 11 is 3.27. The first-order valence-corrected chi connectivity index (χ1v) is 4.84. The maximum Gasteiger partial charge on any atom is 0.244 e. The van der Waals surface area contributed by atoms with Crippen LogP contribution in [0, 0.1) is 0 Å². The van der Waals surface area contributed by atoms with Gasteiger partial charge in [-0.05, 0) is 22.9 Å². The number of rotatable bonds is 3. The fourth-order valence-corrected chi connectivity index (χ4v) is 1.19. The van der Waals surface area contributed by atoms with Crippen LogP contribution in [0.4, 0.5) is 0 Å². The molecule has 0 atom stereocenters. The monoisotopic (exact) mass is 245 g/mol. The third-order valence-corrected chi connectivity index (χ3v) is 2.21. The highest BCUT2D eigenvalue weighted by Crippen LogP contribution is 2.06. The Labute approximate surface area is 85.7 Å². The molecular weight excluding hydrogens is 234 g/mol. The van der Waals surface area contributed by atoms with Crippen LogP contribution in [-0.2, 0) is 11.3 Å². The Morgan fingerprint density at radius 1 is 1.77 bits per heavy atom. The molecule has 1 rings (SSSR count). The molecule has 1 heterocycles. The Kier molecular flexibility index (Phi) is 3.48. The Hall–Kier alpha value is -0.840. The summed E-state index contributed by atoms with van der Waals surface area (Å²) in [6.07, 6.45) is 3.45. The SMILES string of the molecule is CCN(C)C(=O)Cn1cc(Br)cn1. The zero-order valence-electron chi connectivity index (χ0n) is 7.70. The summed E-state index contributed by atoms with van der Waals surface area (Å²) in [5.74, 6) is 0.0677. The van der Waals surface area contributed by atoms with Gasteiger partial charge in [-0.3, -0.25) is 9.48 Å². The van der Waals surface area contributed by atoms with E-state index in [1.165, 1.54) is 0 Å². The normalized spacial score (nSPS) is 10.1. The van der Waals surface area contributed by atoms with Gasteiger partial charge in [0.05, 0.1) is 10.7 Å². The van der Waals surface area contributed by atoms with Gasteiger partial charge in [-0.25, -0.2) is 0 Å². The molecule has 0 aromatic carbocycles. The van der Waals surface area contributed by atoms with Crippen LogP contribution in [0.1, 0.15) is 6.92 Å². The zero-order chi connectivity index (χ0) is 9.84. The van der Waals surface area contributed by atoms with E-state index in [1.54, 1.807) is 29.0 Å². The maximum absolute atomic E-state index is 11.4. The van der Waals surface area contributed by atoms with Crippen LogP contribution in [0.3, 0.4) is 0 Å². The number of nitrogens with zero attached hydrogens (tertiary/aromatic N) is 3. The molecule has 0 saturated carbocycles. The molecule has 0 saturated heterocycles. The first-order chi connectivity index (χ1) is 6.13. The van der Waals surface area contributed by atoms with Crippen molar-refractivity contribution < 1.29 is 4.79 Å². The van der Waals surface area contributed by atoms with Crippen molar-refractivity contribution in [2.75, 3.05) is 13.6 Å². The summed E-state index contributed by atoms with van der Waals surface area (Å²) in [7, 11) is 1.78. The summed E-state index contributed by atoms with van der Waals surface area (Å²) in [5.41, 5.74) is 0. The minimum Gasteiger partial charge on any atom is -0.344 e. The second-order valence-electron chi connectivity index (χ2n) is 2.76. The molecule has 0 unspecified atom stereocenters. The van der Waals surface area contributed by atoms with Crippen molar-refractivity contribution in [1.29, 1.82) is 0 Å². The predicted octanol–water partition coefficient (Wildman–Crippen LogP) is 1.12. The van der Waals surface area contributed by atoms with E-state index in [0.717, 1.165) is 11.0 Å². The van der Waals surface area contributed by atoms with Crippen LogP contribution in [0.15, 0.2) is 16.9 Å². The standard InChI is InChI=1S/C8H12BrN3O/c1-3-11(2)8(13)6-12-5-7(9)4-10-12/h4-5H,3,6H2,1-2H3. The molecule has 0 fully saturated rings. The molecule has 1 aromatic heterocycles. The van der Waals surface area contributed by atoms with Gasteiger partial charge in [0.1, 0.15) is 6.54 Å². The number of hydrogen-bond acceptors (Lipinski definition) is 2. The number of likely N-dealkylation sites (N-methyl/N-ethyl adjacent to an activating group) is 1. The lowest BCUT2D eigenvalue weighted by Gasteiger charge is -2.13. The van der Waals surface area contributed by atoms with Crippen LogP contribution in [-0.4, -0.2) is 34.2 Å². The van der Waals surface area contributed by atoms with Crippen molar-refractivity contribution in [3.63, 3.8) is 0 Å². The topological polar surface area (TPSA) is 38.1 Å². The highest BCUT2D eigenvalue weighted by Gasteiger charge is 2.07. The number of amides is 1. The van der Waals surface area contributed by atoms with Crippen LogP contribution < -0.4 is 0 Å². The Bertz CT molecular complexity index is 297. The lowest BCUT2D eigenvalue weighted by Crippen LogP contribution is -2.29. The third kappa shape index (κ3) is 2.84. The van der Waals surface area contributed by atoms with Gasteiger partial charge in [0.25, 0.3) is 0 Å². The largest absolute Gasteiger partial charge is 0.344 e. The lowest BCUT2D eigenvalue weighted by atomic mass is 10.5. The lowest BCUT2D eigenvalue weighted by molar-refractivity contribution is -0.130. The second kappa shape index (κ2) is 4.41. The van der Waals surface area contributed by atoms with Crippen LogP contribution in [0.5, 0.6) is 0 Å². The quantitative estimate of drug-likeness (QED) is 0.801. The molecule has 5 heteroatoms. The van der Waals surface area contributed by atoms with Crippen molar-refractivity contribution in [2.45, 2.75) is 13.5 Å². The van der Waals surface area contributed by atoms with Crippen LogP contribution >= 0.6 is 15.9 Å². The molecule has 1 amide bonds. The van der Waals surface area contributed by atoms with E-state index in [9.17, 15) is 4.79 Å². The maximum atomic E-state index is 11.4. The fourth-order valence-electron chi connectivity index (χ4n) is 0.860. The number of aromatic nitrogens is 2. The molecule has 0 aliphatic heterocycles. The Morgan fingerprint density at radius 3 is 2.92 bits per heavy atom. The third-order valence-electron chi connectivity index (χ3n) is 1.80. The molecular formula is C8H12BrN3O. The second-order valence-corrected chi connectivity index (χ2v) is 3.68. The first-order valence-electron chi connectivity index (χ1n) is 4.05. The van der Waals surface area contributed by atoms with Gasteiger partial charge in [-0.15, -0.1) is 0 Å². The Morgan fingerprint density at radius 2 is 2.46 bits per heavy atom. The minimum absolute atomic E-state index is 0.0677. The minimum atomic E-state index is 0.0677. The first kappa shape index (κ1) is 10.2. The van der Waals surface area contributed by atoms with Gasteiger partial charge < -0.3 is 4.90 Å². The van der Waals surface area contributed by atoms with Gasteiger partial charge >= 0.3 is 0 Å². The van der Waals surface area contributed by atoms with E-state index < -0.39 is 0 Å². The molecule has 0 aliphatic rings. The number of hydrogen-bond donors (Lipinski definition) is 0. The molecule has 13 heavy (non-hydrogen) atoms. The molecule has 1 aromatic rings. The Balaban J connectivity index is 2.54. The highest BCUT2D eigenvalue weighted by atomic mass is 79.9. The molecule has 0 aliphatic carbocycles. The average Bonchev–Trinajstić information content (AvgIpc) is 2.49. The van der Waals surface area contributed by atoms with Crippen molar-refractivity contribution >= 4 is 21.8 Å².